The molecule has 0 aromatic carbocycles. The van der Waals surface area contributed by atoms with E-state index in [4.69, 9.17) is 10.3 Å². The normalized spacial score (nSPS) is 19.9. The van der Waals surface area contributed by atoms with Crippen LogP contribution in [-0.4, -0.2) is 11.1 Å². The minimum absolute atomic E-state index is 0.154. The molecule has 3 nitrogen and oxygen atoms in total. The summed E-state index contributed by atoms with van der Waals surface area (Å²) in [5.74, 6) is -2.05. The second kappa shape index (κ2) is 2.77. The Bertz CT molecular complexity index is 308. The lowest BCUT2D eigenvalue weighted by Crippen LogP contribution is -2.26. The van der Waals surface area contributed by atoms with Gasteiger partial charge >= 0.3 is 0 Å². The fraction of sp³-hybridized carbons (Fsp3) is 0.625. The van der Waals surface area contributed by atoms with E-state index in [0.717, 1.165) is 0 Å². The van der Waals surface area contributed by atoms with E-state index in [1.807, 2.05) is 0 Å². The van der Waals surface area contributed by atoms with Gasteiger partial charge in [-0.05, 0) is 0 Å². The largest absolute Gasteiger partial charge is 0.361 e. The Kier molecular flexibility index (Phi) is 1.83. The van der Waals surface area contributed by atoms with E-state index >= 15 is 0 Å². The van der Waals surface area contributed by atoms with Gasteiger partial charge in [-0.25, -0.2) is 8.78 Å². The molecule has 5 heteroatoms. The first-order valence-corrected chi connectivity index (χ1v) is 4.16. The summed E-state index contributed by atoms with van der Waals surface area (Å²) in [4.78, 5) is 0. The molecular weight excluding hydrogens is 178 g/mol. The summed E-state index contributed by atoms with van der Waals surface area (Å²) < 4.78 is 30.8. The number of hydrogen-bond acceptors (Lipinski definition) is 3. The first kappa shape index (κ1) is 8.62. The standard InChI is InChI=1S/C8H10F2N2O/c9-8(10)2-1-7-5(3-8)6(4-11)12-13-7/h1-4,11H2. The predicted octanol–water partition coefficient (Wildman–Crippen LogP) is 1.26. The molecule has 0 spiro atoms. The maximum atomic E-state index is 13.0. The van der Waals surface area contributed by atoms with Crippen LogP contribution in [0.15, 0.2) is 4.52 Å². The fourth-order valence-corrected chi connectivity index (χ4v) is 1.58. The summed E-state index contributed by atoms with van der Waals surface area (Å²) in [5.41, 5.74) is 6.32. The molecule has 1 aliphatic rings. The molecule has 1 aliphatic carbocycles. The number of nitrogens with zero attached hydrogens (tertiary/aromatic N) is 1. The van der Waals surface area contributed by atoms with Crippen LogP contribution in [0.5, 0.6) is 0 Å². The summed E-state index contributed by atoms with van der Waals surface area (Å²) in [6.45, 7) is 0.162. The van der Waals surface area contributed by atoms with Gasteiger partial charge in [0.25, 0.3) is 5.92 Å². The molecule has 1 aromatic heterocycles. The van der Waals surface area contributed by atoms with E-state index in [-0.39, 0.29) is 25.8 Å². The number of alkyl halides is 2. The van der Waals surface area contributed by atoms with Gasteiger partial charge in [0, 0.05) is 31.4 Å². The van der Waals surface area contributed by atoms with Gasteiger partial charge in [0.2, 0.25) is 0 Å². The van der Waals surface area contributed by atoms with Crippen molar-refractivity contribution in [2.75, 3.05) is 0 Å². The van der Waals surface area contributed by atoms with Crippen LogP contribution in [-0.2, 0) is 19.4 Å². The van der Waals surface area contributed by atoms with Gasteiger partial charge < -0.3 is 10.3 Å². The highest BCUT2D eigenvalue weighted by atomic mass is 19.3. The number of nitrogens with two attached hydrogens (primary N) is 1. The van der Waals surface area contributed by atoms with Crippen molar-refractivity contribution in [3.8, 4) is 0 Å². The molecule has 1 aromatic rings. The molecule has 0 atom stereocenters. The third kappa shape index (κ3) is 1.44. The second-order valence-corrected chi connectivity index (χ2v) is 3.27. The SMILES string of the molecule is NCc1noc2c1CC(F)(F)CC2. The van der Waals surface area contributed by atoms with Crippen molar-refractivity contribution < 1.29 is 13.3 Å². The van der Waals surface area contributed by atoms with Crippen molar-refractivity contribution in [1.29, 1.82) is 0 Å². The topological polar surface area (TPSA) is 52.0 Å². The molecule has 0 aliphatic heterocycles. The van der Waals surface area contributed by atoms with Gasteiger partial charge in [0.1, 0.15) is 11.5 Å². The molecule has 0 unspecified atom stereocenters. The number of rotatable bonds is 1. The molecule has 0 saturated heterocycles. The minimum Gasteiger partial charge on any atom is -0.361 e. The van der Waals surface area contributed by atoms with Crippen LogP contribution < -0.4 is 5.73 Å². The summed E-state index contributed by atoms with van der Waals surface area (Å²) in [6, 6.07) is 0. The summed E-state index contributed by atoms with van der Waals surface area (Å²) in [6.07, 6.45) is -0.174. The first-order valence-electron chi connectivity index (χ1n) is 4.16. The lowest BCUT2D eigenvalue weighted by atomic mass is 9.93. The maximum Gasteiger partial charge on any atom is 0.252 e. The Morgan fingerprint density at radius 3 is 3.00 bits per heavy atom. The Morgan fingerprint density at radius 2 is 2.31 bits per heavy atom. The van der Waals surface area contributed by atoms with Crippen LogP contribution in [0, 0.1) is 0 Å². The van der Waals surface area contributed by atoms with Crippen LogP contribution >= 0.6 is 0 Å². The Labute approximate surface area is 73.9 Å². The zero-order chi connectivity index (χ0) is 9.47. The average Bonchev–Trinajstić information content (AvgIpc) is 2.44. The zero-order valence-corrected chi connectivity index (χ0v) is 7.02. The van der Waals surface area contributed by atoms with Gasteiger partial charge in [-0.2, -0.15) is 0 Å². The summed E-state index contributed by atoms with van der Waals surface area (Å²) >= 11 is 0. The molecule has 0 saturated carbocycles. The van der Waals surface area contributed by atoms with E-state index < -0.39 is 5.92 Å². The number of hydrogen-bond donors (Lipinski definition) is 1. The van der Waals surface area contributed by atoms with Crippen LogP contribution in [0.25, 0.3) is 0 Å². The number of fused-ring (bicyclic) bond motifs is 1. The van der Waals surface area contributed by atoms with Gasteiger partial charge in [0.15, 0.2) is 0 Å². The number of aromatic nitrogens is 1. The van der Waals surface area contributed by atoms with E-state index in [9.17, 15) is 8.78 Å². The van der Waals surface area contributed by atoms with Gasteiger partial charge in [0.05, 0.1) is 0 Å². The molecule has 13 heavy (non-hydrogen) atoms. The smallest absolute Gasteiger partial charge is 0.252 e. The minimum atomic E-state index is -2.62. The molecular formula is C8H10F2N2O. The molecule has 2 rings (SSSR count). The lowest BCUT2D eigenvalue weighted by molar-refractivity contribution is -0.0147. The first-order chi connectivity index (χ1) is 6.12. The van der Waals surface area contributed by atoms with Crippen LogP contribution in [0.4, 0.5) is 8.78 Å². The maximum absolute atomic E-state index is 13.0. The highest BCUT2D eigenvalue weighted by Crippen LogP contribution is 2.34. The van der Waals surface area contributed by atoms with Crippen molar-refractivity contribution in [3.63, 3.8) is 0 Å². The molecule has 0 radical (unpaired) electrons. The lowest BCUT2D eigenvalue weighted by Gasteiger charge is -2.20. The van der Waals surface area contributed by atoms with Crippen molar-refractivity contribution in [3.05, 3.63) is 17.0 Å². The third-order valence-electron chi connectivity index (χ3n) is 2.30. The zero-order valence-electron chi connectivity index (χ0n) is 7.02. The molecule has 0 fully saturated rings. The van der Waals surface area contributed by atoms with Crippen LogP contribution in [0.3, 0.4) is 0 Å². The number of aryl methyl sites for hydroxylation is 1. The second-order valence-electron chi connectivity index (χ2n) is 3.27. The Balaban J connectivity index is 2.36. The third-order valence-corrected chi connectivity index (χ3v) is 2.30. The molecule has 72 valence electrons. The molecule has 2 N–H and O–H groups in total. The quantitative estimate of drug-likeness (QED) is 0.721. The van der Waals surface area contributed by atoms with E-state index in [1.165, 1.54) is 0 Å². The Hall–Kier alpha value is -0.970. The van der Waals surface area contributed by atoms with E-state index in [2.05, 4.69) is 5.16 Å². The van der Waals surface area contributed by atoms with Crippen molar-refractivity contribution >= 4 is 0 Å². The van der Waals surface area contributed by atoms with Gasteiger partial charge in [-0.3, -0.25) is 0 Å². The highest BCUT2D eigenvalue weighted by molar-refractivity contribution is 5.27. The molecule has 0 amide bonds. The summed E-state index contributed by atoms with van der Waals surface area (Å²) in [5, 5.41) is 3.65. The fourth-order valence-electron chi connectivity index (χ4n) is 1.58. The van der Waals surface area contributed by atoms with Gasteiger partial charge in [-0.1, -0.05) is 5.16 Å². The number of halogens is 2. The van der Waals surface area contributed by atoms with Gasteiger partial charge in [-0.15, -0.1) is 0 Å². The van der Waals surface area contributed by atoms with Crippen LogP contribution in [0.2, 0.25) is 0 Å². The van der Waals surface area contributed by atoms with Crippen molar-refractivity contribution in [1.82, 2.24) is 5.16 Å². The Morgan fingerprint density at radius 1 is 1.54 bits per heavy atom. The molecule has 1 heterocycles. The van der Waals surface area contributed by atoms with Crippen molar-refractivity contribution in [2.45, 2.75) is 31.7 Å². The predicted molar refractivity (Wildman–Crippen MR) is 41.4 cm³/mol. The average molecular weight is 188 g/mol. The van der Waals surface area contributed by atoms with Crippen LogP contribution in [0.1, 0.15) is 23.4 Å². The summed E-state index contributed by atoms with van der Waals surface area (Å²) in [7, 11) is 0. The highest BCUT2D eigenvalue weighted by Gasteiger charge is 2.37. The van der Waals surface area contributed by atoms with E-state index in [0.29, 0.717) is 17.0 Å². The monoisotopic (exact) mass is 188 g/mol. The van der Waals surface area contributed by atoms with E-state index in [1.54, 1.807) is 0 Å². The van der Waals surface area contributed by atoms with Crippen molar-refractivity contribution in [2.24, 2.45) is 5.73 Å². The molecule has 0 bridgehead atoms.